The number of aromatic nitrogens is 2. The van der Waals surface area contributed by atoms with Gasteiger partial charge in [-0.15, -0.1) is 0 Å². The standard InChI is InChI=1S/C14H24N4O2/c1-17(9-12-8-16-18(2)10-12)13(19)14(11-20-3)4-6-15-7-5-14/h8,10,15H,4-7,9,11H2,1-3H3. The monoisotopic (exact) mass is 280 g/mol. The largest absolute Gasteiger partial charge is 0.384 e. The number of hydrogen-bond acceptors (Lipinski definition) is 4. The lowest BCUT2D eigenvalue weighted by molar-refractivity contribution is -0.146. The van der Waals surface area contributed by atoms with Crippen molar-refractivity contribution < 1.29 is 9.53 Å². The van der Waals surface area contributed by atoms with Crippen LogP contribution in [0.15, 0.2) is 12.4 Å². The molecule has 1 N–H and O–H groups in total. The lowest BCUT2D eigenvalue weighted by Crippen LogP contribution is -2.50. The third-order valence-corrected chi connectivity index (χ3v) is 3.96. The molecular weight excluding hydrogens is 256 g/mol. The molecule has 0 saturated carbocycles. The number of nitrogens with one attached hydrogen (secondary N) is 1. The van der Waals surface area contributed by atoms with Gasteiger partial charge in [-0.3, -0.25) is 9.48 Å². The Bertz CT molecular complexity index is 446. The summed E-state index contributed by atoms with van der Waals surface area (Å²) < 4.78 is 7.07. The number of ether oxygens (including phenoxy) is 1. The van der Waals surface area contributed by atoms with Gasteiger partial charge in [-0.05, 0) is 25.9 Å². The van der Waals surface area contributed by atoms with Crippen LogP contribution in [0.25, 0.3) is 0 Å². The van der Waals surface area contributed by atoms with Crippen molar-refractivity contribution in [3.63, 3.8) is 0 Å². The predicted octanol–water partition coefficient (Wildman–Crippen LogP) is 0.395. The zero-order valence-corrected chi connectivity index (χ0v) is 12.6. The van der Waals surface area contributed by atoms with Gasteiger partial charge in [0.25, 0.3) is 0 Å². The second kappa shape index (κ2) is 6.37. The van der Waals surface area contributed by atoms with Crippen molar-refractivity contribution in [2.75, 3.05) is 33.9 Å². The summed E-state index contributed by atoms with van der Waals surface area (Å²) in [6, 6.07) is 0. The van der Waals surface area contributed by atoms with Crippen molar-refractivity contribution in [1.82, 2.24) is 20.0 Å². The second-order valence-corrected chi connectivity index (χ2v) is 5.65. The molecule has 0 bridgehead atoms. The molecule has 0 atom stereocenters. The maximum Gasteiger partial charge on any atom is 0.231 e. The zero-order chi connectivity index (χ0) is 14.6. The lowest BCUT2D eigenvalue weighted by atomic mass is 9.78. The van der Waals surface area contributed by atoms with Gasteiger partial charge in [0.15, 0.2) is 0 Å². The molecule has 0 unspecified atom stereocenters. The summed E-state index contributed by atoms with van der Waals surface area (Å²) in [5.74, 6) is 0.171. The maximum atomic E-state index is 12.8. The van der Waals surface area contributed by atoms with Crippen molar-refractivity contribution in [2.45, 2.75) is 19.4 Å². The van der Waals surface area contributed by atoms with E-state index in [1.165, 1.54) is 0 Å². The van der Waals surface area contributed by atoms with Gasteiger partial charge in [0.1, 0.15) is 0 Å². The van der Waals surface area contributed by atoms with E-state index >= 15 is 0 Å². The Kier molecular flexibility index (Phi) is 4.77. The molecule has 2 rings (SSSR count). The third-order valence-electron chi connectivity index (χ3n) is 3.96. The average Bonchev–Trinajstić information content (AvgIpc) is 2.84. The smallest absolute Gasteiger partial charge is 0.231 e. The molecule has 1 saturated heterocycles. The SMILES string of the molecule is COCC1(C(=O)N(C)Cc2cnn(C)c2)CCNCC1. The molecule has 2 heterocycles. The van der Waals surface area contributed by atoms with Gasteiger partial charge in [-0.25, -0.2) is 0 Å². The highest BCUT2D eigenvalue weighted by atomic mass is 16.5. The van der Waals surface area contributed by atoms with E-state index in [0.717, 1.165) is 31.5 Å². The normalized spacial score (nSPS) is 17.9. The van der Waals surface area contributed by atoms with E-state index in [2.05, 4.69) is 10.4 Å². The minimum absolute atomic E-state index is 0.171. The minimum atomic E-state index is -0.378. The topological polar surface area (TPSA) is 59.4 Å². The van der Waals surface area contributed by atoms with Crippen LogP contribution in [-0.2, 0) is 23.1 Å². The first-order valence-electron chi connectivity index (χ1n) is 7.00. The number of rotatable bonds is 5. The highest BCUT2D eigenvalue weighted by Gasteiger charge is 2.41. The zero-order valence-electron chi connectivity index (χ0n) is 12.6. The Balaban J connectivity index is 2.06. The number of carbonyl (C=O) groups excluding carboxylic acids is 1. The summed E-state index contributed by atoms with van der Waals surface area (Å²) in [5.41, 5.74) is 0.668. The van der Waals surface area contributed by atoms with Crippen LogP contribution >= 0.6 is 0 Å². The Labute approximate surface area is 120 Å². The van der Waals surface area contributed by atoms with Crippen LogP contribution in [0, 0.1) is 5.41 Å². The molecule has 20 heavy (non-hydrogen) atoms. The molecule has 1 amide bonds. The first-order valence-corrected chi connectivity index (χ1v) is 7.00. The number of amides is 1. The molecule has 1 aliphatic rings. The number of hydrogen-bond donors (Lipinski definition) is 1. The van der Waals surface area contributed by atoms with E-state index in [4.69, 9.17) is 4.74 Å². The van der Waals surface area contributed by atoms with E-state index in [1.54, 1.807) is 22.9 Å². The fourth-order valence-electron chi connectivity index (χ4n) is 2.91. The minimum Gasteiger partial charge on any atom is -0.384 e. The molecular formula is C14H24N4O2. The Hall–Kier alpha value is -1.40. The third kappa shape index (κ3) is 3.19. The summed E-state index contributed by atoms with van der Waals surface area (Å²) in [5, 5.41) is 7.44. The van der Waals surface area contributed by atoms with Crippen LogP contribution in [0.1, 0.15) is 18.4 Å². The van der Waals surface area contributed by atoms with Crippen LogP contribution in [0.2, 0.25) is 0 Å². The molecule has 0 radical (unpaired) electrons. The van der Waals surface area contributed by atoms with Gasteiger partial charge in [0.2, 0.25) is 5.91 Å². The molecule has 1 aromatic rings. The Morgan fingerprint density at radius 3 is 2.80 bits per heavy atom. The van der Waals surface area contributed by atoms with Crippen LogP contribution in [0.3, 0.4) is 0 Å². The van der Waals surface area contributed by atoms with Crippen molar-refractivity contribution in [2.24, 2.45) is 12.5 Å². The lowest BCUT2D eigenvalue weighted by Gasteiger charge is -2.38. The Morgan fingerprint density at radius 2 is 2.25 bits per heavy atom. The van der Waals surface area contributed by atoms with Crippen LogP contribution in [0.5, 0.6) is 0 Å². The molecule has 0 aliphatic carbocycles. The maximum absolute atomic E-state index is 12.8. The fraction of sp³-hybridized carbons (Fsp3) is 0.714. The van der Waals surface area contributed by atoms with E-state index in [0.29, 0.717) is 13.2 Å². The van der Waals surface area contributed by atoms with Gasteiger partial charge in [-0.2, -0.15) is 5.10 Å². The number of nitrogens with zero attached hydrogens (tertiary/aromatic N) is 3. The van der Waals surface area contributed by atoms with Crippen LogP contribution in [0.4, 0.5) is 0 Å². The average molecular weight is 280 g/mol. The van der Waals surface area contributed by atoms with E-state index in [1.807, 2.05) is 20.3 Å². The number of methoxy groups -OCH3 is 1. The molecule has 112 valence electrons. The van der Waals surface area contributed by atoms with E-state index in [-0.39, 0.29) is 11.3 Å². The highest BCUT2D eigenvalue weighted by Crippen LogP contribution is 2.31. The molecule has 6 nitrogen and oxygen atoms in total. The van der Waals surface area contributed by atoms with Crippen molar-refractivity contribution in [1.29, 1.82) is 0 Å². The number of piperidine rings is 1. The van der Waals surface area contributed by atoms with Crippen molar-refractivity contribution in [3.8, 4) is 0 Å². The predicted molar refractivity (Wildman–Crippen MR) is 76.1 cm³/mol. The highest BCUT2D eigenvalue weighted by molar-refractivity contribution is 5.82. The van der Waals surface area contributed by atoms with Gasteiger partial charge in [0.05, 0.1) is 18.2 Å². The molecule has 0 spiro atoms. The van der Waals surface area contributed by atoms with Crippen LogP contribution < -0.4 is 5.32 Å². The number of carbonyl (C=O) groups is 1. The van der Waals surface area contributed by atoms with Crippen molar-refractivity contribution in [3.05, 3.63) is 18.0 Å². The quantitative estimate of drug-likeness (QED) is 0.848. The summed E-state index contributed by atoms with van der Waals surface area (Å²) in [4.78, 5) is 14.6. The van der Waals surface area contributed by atoms with Crippen molar-refractivity contribution >= 4 is 5.91 Å². The summed E-state index contributed by atoms with van der Waals surface area (Å²) >= 11 is 0. The fourth-order valence-corrected chi connectivity index (χ4v) is 2.91. The number of aryl methyl sites for hydroxylation is 1. The molecule has 1 fully saturated rings. The first kappa shape index (κ1) is 15.0. The molecule has 6 heteroatoms. The molecule has 1 aliphatic heterocycles. The van der Waals surface area contributed by atoms with Gasteiger partial charge >= 0.3 is 0 Å². The summed E-state index contributed by atoms with van der Waals surface area (Å²) in [7, 11) is 5.40. The van der Waals surface area contributed by atoms with Gasteiger partial charge in [0, 0.05) is 39.5 Å². The van der Waals surface area contributed by atoms with E-state index < -0.39 is 0 Å². The first-order chi connectivity index (χ1) is 9.57. The van der Waals surface area contributed by atoms with Gasteiger partial charge < -0.3 is 15.0 Å². The molecule has 0 aromatic carbocycles. The van der Waals surface area contributed by atoms with Crippen LogP contribution in [-0.4, -0.2) is 54.4 Å². The Morgan fingerprint density at radius 1 is 1.55 bits per heavy atom. The second-order valence-electron chi connectivity index (χ2n) is 5.65. The summed E-state index contributed by atoms with van der Waals surface area (Å²) in [6.45, 7) is 2.82. The summed E-state index contributed by atoms with van der Waals surface area (Å²) in [6.07, 6.45) is 5.40. The molecule has 1 aromatic heterocycles. The van der Waals surface area contributed by atoms with Gasteiger partial charge in [-0.1, -0.05) is 0 Å². The van der Waals surface area contributed by atoms with E-state index in [9.17, 15) is 4.79 Å².